The zero-order chi connectivity index (χ0) is 13.4. The van der Waals surface area contributed by atoms with Crippen LogP contribution in [0.4, 0.5) is 0 Å². The SMILES string of the molecule is COC(COCCNC(=O)[C@H]1OCC[C@@H]1C)OC. The molecular formula is C12H23NO5. The summed E-state index contributed by atoms with van der Waals surface area (Å²) in [4.78, 5) is 11.7. The molecule has 1 amide bonds. The number of rotatable bonds is 8. The van der Waals surface area contributed by atoms with Crippen molar-refractivity contribution in [1.82, 2.24) is 5.32 Å². The first-order chi connectivity index (χ1) is 8.69. The molecule has 1 N–H and O–H groups in total. The van der Waals surface area contributed by atoms with Crippen LogP contribution >= 0.6 is 0 Å². The molecule has 1 fully saturated rings. The normalized spacial score (nSPS) is 23.6. The molecule has 6 nitrogen and oxygen atoms in total. The number of hydrogen-bond acceptors (Lipinski definition) is 5. The Kier molecular flexibility index (Phi) is 7.19. The van der Waals surface area contributed by atoms with E-state index in [9.17, 15) is 4.79 Å². The van der Waals surface area contributed by atoms with E-state index in [0.717, 1.165) is 6.42 Å². The minimum Gasteiger partial charge on any atom is -0.374 e. The molecular weight excluding hydrogens is 238 g/mol. The Balaban J connectivity index is 2.05. The van der Waals surface area contributed by atoms with Crippen molar-refractivity contribution in [2.75, 3.05) is 40.6 Å². The van der Waals surface area contributed by atoms with Gasteiger partial charge in [-0.25, -0.2) is 0 Å². The molecule has 1 heterocycles. The fourth-order valence-electron chi connectivity index (χ4n) is 1.79. The lowest BCUT2D eigenvalue weighted by Crippen LogP contribution is -2.39. The number of carbonyl (C=O) groups is 1. The summed E-state index contributed by atoms with van der Waals surface area (Å²) in [5, 5.41) is 2.79. The van der Waals surface area contributed by atoms with E-state index >= 15 is 0 Å². The number of amides is 1. The maximum absolute atomic E-state index is 11.7. The molecule has 1 rings (SSSR count). The highest BCUT2D eigenvalue weighted by molar-refractivity contribution is 5.81. The molecule has 2 atom stereocenters. The van der Waals surface area contributed by atoms with Crippen LogP contribution in [0.25, 0.3) is 0 Å². The van der Waals surface area contributed by atoms with Gasteiger partial charge in [-0.05, 0) is 12.3 Å². The Morgan fingerprint density at radius 2 is 2.17 bits per heavy atom. The van der Waals surface area contributed by atoms with Crippen molar-refractivity contribution < 1.29 is 23.7 Å². The Morgan fingerprint density at radius 3 is 2.72 bits per heavy atom. The molecule has 0 saturated carbocycles. The predicted molar refractivity (Wildman–Crippen MR) is 65.2 cm³/mol. The zero-order valence-corrected chi connectivity index (χ0v) is 11.3. The van der Waals surface area contributed by atoms with E-state index in [0.29, 0.717) is 26.4 Å². The first kappa shape index (κ1) is 15.4. The highest BCUT2D eigenvalue weighted by Crippen LogP contribution is 2.19. The van der Waals surface area contributed by atoms with Gasteiger partial charge in [0.15, 0.2) is 6.29 Å². The van der Waals surface area contributed by atoms with Crippen LogP contribution in [0.3, 0.4) is 0 Å². The van der Waals surface area contributed by atoms with E-state index in [2.05, 4.69) is 5.32 Å². The van der Waals surface area contributed by atoms with Crippen LogP contribution in [0, 0.1) is 5.92 Å². The lowest BCUT2D eigenvalue weighted by Gasteiger charge is -2.16. The molecule has 106 valence electrons. The largest absolute Gasteiger partial charge is 0.374 e. The Labute approximate surface area is 108 Å². The Morgan fingerprint density at radius 1 is 1.44 bits per heavy atom. The molecule has 1 saturated heterocycles. The molecule has 0 spiro atoms. The molecule has 0 aromatic carbocycles. The Bertz CT molecular complexity index is 245. The number of carbonyl (C=O) groups excluding carboxylic acids is 1. The monoisotopic (exact) mass is 261 g/mol. The maximum atomic E-state index is 11.7. The van der Waals surface area contributed by atoms with Crippen molar-refractivity contribution in [3.63, 3.8) is 0 Å². The van der Waals surface area contributed by atoms with Gasteiger partial charge in [-0.1, -0.05) is 6.92 Å². The fraction of sp³-hybridized carbons (Fsp3) is 0.917. The van der Waals surface area contributed by atoms with Gasteiger partial charge in [0, 0.05) is 27.4 Å². The minimum atomic E-state index is -0.362. The van der Waals surface area contributed by atoms with Gasteiger partial charge in [0.25, 0.3) is 0 Å². The second-order valence-corrected chi connectivity index (χ2v) is 4.32. The molecule has 0 aromatic rings. The third kappa shape index (κ3) is 4.89. The first-order valence-electron chi connectivity index (χ1n) is 6.21. The van der Waals surface area contributed by atoms with Gasteiger partial charge in [0.2, 0.25) is 5.91 Å². The van der Waals surface area contributed by atoms with Crippen molar-refractivity contribution in [2.45, 2.75) is 25.7 Å². The minimum absolute atomic E-state index is 0.0568. The second-order valence-electron chi connectivity index (χ2n) is 4.32. The van der Waals surface area contributed by atoms with E-state index in [4.69, 9.17) is 18.9 Å². The topological polar surface area (TPSA) is 66.0 Å². The van der Waals surface area contributed by atoms with Gasteiger partial charge in [-0.2, -0.15) is 0 Å². The van der Waals surface area contributed by atoms with E-state index in [1.54, 1.807) is 14.2 Å². The van der Waals surface area contributed by atoms with Crippen LogP contribution in [-0.4, -0.2) is 58.9 Å². The number of nitrogens with one attached hydrogen (secondary N) is 1. The summed E-state index contributed by atoms with van der Waals surface area (Å²) in [5.41, 5.74) is 0. The number of ether oxygens (including phenoxy) is 4. The quantitative estimate of drug-likeness (QED) is 0.498. The molecule has 0 aliphatic carbocycles. The molecule has 1 aliphatic rings. The van der Waals surface area contributed by atoms with E-state index in [1.807, 2.05) is 6.92 Å². The third-order valence-corrected chi connectivity index (χ3v) is 2.97. The summed E-state index contributed by atoms with van der Waals surface area (Å²) in [6, 6.07) is 0. The van der Waals surface area contributed by atoms with E-state index in [1.165, 1.54) is 0 Å². The van der Waals surface area contributed by atoms with Crippen LogP contribution in [0.5, 0.6) is 0 Å². The van der Waals surface area contributed by atoms with Crippen LogP contribution in [0.2, 0.25) is 0 Å². The molecule has 0 aromatic heterocycles. The predicted octanol–water partition coefficient (Wildman–Crippen LogP) is 0.163. The average molecular weight is 261 g/mol. The molecule has 1 aliphatic heterocycles. The first-order valence-corrected chi connectivity index (χ1v) is 6.21. The van der Waals surface area contributed by atoms with E-state index in [-0.39, 0.29) is 24.2 Å². The number of methoxy groups -OCH3 is 2. The number of hydrogen-bond donors (Lipinski definition) is 1. The van der Waals surface area contributed by atoms with Crippen LogP contribution in [0.1, 0.15) is 13.3 Å². The van der Waals surface area contributed by atoms with Crippen molar-refractivity contribution >= 4 is 5.91 Å². The summed E-state index contributed by atoms with van der Waals surface area (Å²) in [5.74, 6) is 0.232. The molecule has 6 heteroatoms. The third-order valence-electron chi connectivity index (χ3n) is 2.97. The molecule has 0 unspecified atom stereocenters. The lowest BCUT2D eigenvalue weighted by molar-refractivity contribution is -0.141. The fourth-order valence-corrected chi connectivity index (χ4v) is 1.79. The van der Waals surface area contributed by atoms with Crippen molar-refractivity contribution in [1.29, 1.82) is 0 Å². The summed E-state index contributed by atoms with van der Waals surface area (Å²) >= 11 is 0. The van der Waals surface area contributed by atoms with Gasteiger partial charge in [0.1, 0.15) is 6.10 Å². The van der Waals surface area contributed by atoms with Crippen molar-refractivity contribution in [3.05, 3.63) is 0 Å². The smallest absolute Gasteiger partial charge is 0.249 e. The maximum Gasteiger partial charge on any atom is 0.249 e. The van der Waals surface area contributed by atoms with Crippen molar-refractivity contribution in [3.8, 4) is 0 Å². The van der Waals surface area contributed by atoms with Gasteiger partial charge < -0.3 is 24.3 Å². The molecule has 0 radical (unpaired) electrons. The van der Waals surface area contributed by atoms with Gasteiger partial charge in [0.05, 0.1) is 13.2 Å². The molecule has 18 heavy (non-hydrogen) atoms. The van der Waals surface area contributed by atoms with Gasteiger partial charge in [-0.3, -0.25) is 4.79 Å². The summed E-state index contributed by atoms with van der Waals surface area (Å²) in [7, 11) is 3.11. The second kappa shape index (κ2) is 8.42. The van der Waals surface area contributed by atoms with Gasteiger partial charge >= 0.3 is 0 Å². The Hall–Kier alpha value is -0.690. The van der Waals surface area contributed by atoms with Crippen LogP contribution in [0.15, 0.2) is 0 Å². The molecule has 0 bridgehead atoms. The zero-order valence-electron chi connectivity index (χ0n) is 11.3. The highest BCUT2D eigenvalue weighted by Gasteiger charge is 2.30. The lowest BCUT2D eigenvalue weighted by atomic mass is 10.0. The highest BCUT2D eigenvalue weighted by atomic mass is 16.7. The summed E-state index contributed by atoms with van der Waals surface area (Å²) in [6.45, 7) is 3.93. The van der Waals surface area contributed by atoms with Crippen LogP contribution in [-0.2, 0) is 23.7 Å². The van der Waals surface area contributed by atoms with Gasteiger partial charge in [-0.15, -0.1) is 0 Å². The average Bonchev–Trinajstić information content (AvgIpc) is 2.80. The summed E-state index contributed by atoms with van der Waals surface area (Å²) < 4.78 is 20.6. The van der Waals surface area contributed by atoms with E-state index < -0.39 is 0 Å². The van der Waals surface area contributed by atoms with Crippen molar-refractivity contribution in [2.24, 2.45) is 5.92 Å². The van der Waals surface area contributed by atoms with Crippen LogP contribution < -0.4 is 5.32 Å². The standard InChI is InChI=1S/C12H23NO5/c1-9-4-6-18-11(9)12(14)13-5-7-17-8-10(15-2)16-3/h9-11H,4-8H2,1-3H3,(H,13,14)/t9-,11-/m0/s1. The summed E-state index contributed by atoms with van der Waals surface area (Å²) in [6.07, 6.45) is 0.271.